The predicted octanol–water partition coefficient (Wildman–Crippen LogP) is 1.98. The van der Waals surface area contributed by atoms with Gasteiger partial charge in [0.05, 0.1) is 0 Å². The second-order valence-electron chi connectivity index (χ2n) is 2.72. The molecule has 0 saturated carbocycles. The third-order valence-electron chi connectivity index (χ3n) is 1.64. The van der Waals surface area contributed by atoms with Crippen LogP contribution in [0.3, 0.4) is 0 Å². The van der Waals surface area contributed by atoms with Crippen molar-refractivity contribution in [1.29, 1.82) is 0 Å². The van der Waals surface area contributed by atoms with Gasteiger partial charge in [-0.2, -0.15) is 21.6 Å². The van der Waals surface area contributed by atoms with Gasteiger partial charge in [-0.25, -0.2) is 4.39 Å². The summed E-state index contributed by atoms with van der Waals surface area (Å²) in [5.74, 6) is -4.05. The van der Waals surface area contributed by atoms with Gasteiger partial charge in [0, 0.05) is 5.56 Å². The van der Waals surface area contributed by atoms with Crippen molar-refractivity contribution < 1.29 is 21.6 Å². The van der Waals surface area contributed by atoms with E-state index < -0.39 is 34.3 Å². The van der Waals surface area contributed by atoms with E-state index in [0.717, 1.165) is 24.3 Å². The van der Waals surface area contributed by atoms with Crippen LogP contribution in [-0.4, -0.2) is 15.0 Å². The molecule has 0 spiro atoms. The van der Waals surface area contributed by atoms with E-state index in [1.165, 1.54) is 0 Å². The Labute approximate surface area is 85.3 Å². The first kappa shape index (κ1) is 11.7. The smallest absolute Gasteiger partial charge is 0.207 e. The topological polar surface area (TPSA) is 46.5 Å². The number of nitrogens with zero attached hydrogens (tertiary/aromatic N) is 1. The molecule has 15 heavy (non-hydrogen) atoms. The van der Waals surface area contributed by atoms with Crippen molar-refractivity contribution in [3.05, 3.63) is 35.6 Å². The van der Waals surface area contributed by atoms with Crippen LogP contribution in [0, 0.1) is 5.82 Å². The van der Waals surface area contributed by atoms with Crippen LogP contribution < -0.4 is 0 Å². The van der Waals surface area contributed by atoms with E-state index in [2.05, 4.69) is 4.36 Å². The highest BCUT2D eigenvalue weighted by atomic mass is 32.2. The normalized spacial score (nSPS) is 11.1. The summed E-state index contributed by atoms with van der Waals surface area (Å²) in [6.07, 6.45) is 0. The van der Waals surface area contributed by atoms with Crippen molar-refractivity contribution in [1.82, 2.24) is 0 Å². The van der Waals surface area contributed by atoms with Gasteiger partial charge in [0.1, 0.15) is 12.4 Å². The van der Waals surface area contributed by atoms with Crippen molar-refractivity contribution in [2.45, 2.75) is 5.92 Å². The maximum Gasteiger partial charge on any atom is 0.311 e. The van der Waals surface area contributed by atoms with Gasteiger partial charge in [-0.15, -0.1) is 0 Å². The van der Waals surface area contributed by atoms with Gasteiger partial charge in [-0.1, -0.05) is 12.1 Å². The van der Waals surface area contributed by atoms with Crippen LogP contribution in [0.2, 0.25) is 0 Å². The molecule has 1 aromatic rings. The Morgan fingerprint density at radius 3 is 2.20 bits per heavy atom. The fourth-order valence-corrected chi connectivity index (χ4v) is 1.19. The summed E-state index contributed by atoms with van der Waals surface area (Å²) in [5.41, 5.74) is -0.474. The number of hydrogen-bond acceptors (Lipinski definition) is 3. The molecule has 0 atom stereocenters. The van der Waals surface area contributed by atoms with Gasteiger partial charge in [0.2, 0.25) is 0 Å². The molecule has 7 heteroatoms. The zero-order valence-electron chi connectivity index (χ0n) is 7.32. The maximum absolute atomic E-state index is 13.2. The fraction of sp³-hybridized carbons (Fsp3) is 0.250. The summed E-state index contributed by atoms with van der Waals surface area (Å²) in [4.78, 5) is 0. The zero-order chi connectivity index (χ0) is 11.5. The molecule has 82 valence electrons. The molecule has 0 radical (unpaired) electrons. The molecule has 1 aromatic carbocycles. The average Bonchev–Trinajstić information content (AvgIpc) is 2.16. The second-order valence-corrected chi connectivity index (χ2v) is 3.41. The number of halogens is 3. The van der Waals surface area contributed by atoms with Crippen LogP contribution in [0.15, 0.2) is 28.6 Å². The summed E-state index contributed by atoms with van der Waals surface area (Å²) in [6, 6.07) is 3.52. The Morgan fingerprint density at radius 1 is 1.20 bits per heavy atom. The molecule has 0 bridgehead atoms. The second kappa shape index (κ2) is 4.43. The van der Waals surface area contributed by atoms with Gasteiger partial charge in [-0.05, 0) is 12.1 Å². The monoisotopic (exact) mass is 237 g/mol. The molecule has 0 amide bonds. The third kappa shape index (κ3) is 3.35. The lowest BCUT2D eigenvalue weighted by Crippen LogP contribution is -2.17. The minimum absolute atomic E-state index is 0.474. The molecule has 1 rings (SSSR count). The van der Waals surface area contributed by atoms with Crippen molar-refractivity contribution >= 4 is 10.5 Å². The lowest BCUT2D eigenvalue weighted by atomic mass is 10.1. The molecule has 0 unspecified atom stereocenters. The third-order valence-corrected chi connectivity index (χ3v) is 1.98. The molecule has 0 fully saturated rings. The summed E-state index contributed by atoms with van der Waals surface area (Å²) < 4.78 is 61.3. The Morgan fingerprint density at radius 2 is 1.73 bits per heavy atom. The minimum atomic E-state index is -3.41. The SMILES string of the molecule is O=S(=O)=NCC(F)(F)c1ccc(F)cc1. The van der Waals surface area contributed by atoms with Crippen LogP contribution >= 0.6 is 0 Å². The lowest BCUT2D eigenvalue weighted by molar-refractivity contribution is 0.00688. The Balaban J connectivity index is 2.95. The highest BCUT2D eigenvalue weighted by Gasteiger charge is 2.31. The number of rotatable bonds is 3. The zero-order valence-corrected chi connectivity index (χ0v) is 8.14. The van der Waals surface area contributed by atoms with Crippen LogP contribution in [0.1, 0.15) is 5.56 Å². The quantitative estimate of drug-likeness (QED) is 0.806. The van der Waals surface area contributed by atoms with E-state index in [0.29, 0.717) is 0 Å². The highest BCUT2D eigenvalue weighted by molar-refractivity contribution is 7.61. The van der Waals surface area contributed by atoms with E-state index in [4.69, 9.17) is 0 Å². The standard InChI is InChI=1S/C8H6F3NO2S/c9-7-3-1-6(2-4-7)8(10,11)5-12-15(13)14/h1-4H,5H2. The largest absolute Gasteiger partial charge is 0.311 e. The van der Waals surface area contributed by atoms with Gasteiger partial charge in [0.15, 0.2) is 0 Å². The first-order chi connectivity index (χ1) is 6.92. The lowest BCUT2D eigenvalue weighted by Gasteiger charge is -2.12. The molecule has 0 aliphatic heterocycles. The van der Waals surface area contributed by atoms with Crippen LogP contribution in [-0.2, 0) is 16.4 Å². The van der Waals surface area contributed by atoms with E-state index in [-0.39, 0.29) is 0 Å². The van der Waals surface area contributed by atoms with E-state index in [9.17, 15) is 21.6 Å². The fourth-order valence-electron chi connectivity index (χ4n) is 0.919. The minimum Gasteiger partial charge on any atom is -0.207 e. The molecular formula is C8H6F3NO2S. The van der Waals surface area contributed by atoms with Crippen molar-refractivity contribution in [2.75, 3.05) is 6.54 Å². The molecule has 0 heterocycles. The van der Waals surface area contributed by atoms with Crippen LogP contribution in [0.25, 0.3) is 0 Å². The highest BCUT2D eigenvalue weighted by Crippen LogP contribution is 2.28. The van der Waals surface area contributed by atoms with Crippen molar-refractivity contribution in [3.8, 4) is 0 Å². The van der Waals surface area contributed by atoms with Crippen LogP contribution in [0.5, 0.6) is 0 Å². The molecule has 0 aliphatic rings. The predicted molar refractivity (Wildman–Crippen MR) is 46.5 cm³/mol. The summed E-state index contributed by atoms with van der Waals surface area (Å²) >= 11 is 0. The number of hydrogen-bond donors (Lipinski definition) is 0. The molecule has 0 saturated heterocycles. The maximum atomic E-state index is 13.2. The Kier molecular flexibility index (Phi) is 3.46. The first-order valence-electron chi connectivity index (χ1n) is 3.82. The van der Waals surface area contributed by atoms with Gasteiger partial charge in [0.25, 0.3) is 5.92 Å². The van der Waals surface area contributed by atoms with Gasteiger partial charge < -0.3 is 0 Å². The molecular weight excluding hydrogens is 231 g/mol. The van der Waals surface area contributed by atoms with Crippen molar-refractivity contribution in [3.63, 3.8) is 0 Å². The van der Waals surface area contributed by atoms with E-state index >= 15 is 0 Å². The summed E-state index contributed by atoms with van der Waals surface area (Å²) in [5, 5.41) is 0. The molecule has 0 aliphatic carbocycles. The number of alkyl halides is 2. The van der Waals surface area contributed by atoms with Gasteiger partial charge >= 0.3 is 10.5 Å². The Hall–Kier alpha value is -1.37. The summed E-state index contributed by atoms with van der Waals surface area (Å²) in [7, 11) is -2.87. The number of benzene rings is 1. The molecule has 0 aromatic heterocycles. The van der Waals surface area contributed by atoms with Crippen LogP contribution in [0.4, 0.5) is 13.2 Å². The van der Waals surface area contributed by atoms with E-state index in [1.54, 1.807) is 0 Å². The van der Waals surface area contributed by atoms with E-state index in [1.807, 2.05) is 0 Å². The van der Waals surface area contributed by atoms with Gasteiger partial charge in [-0.3, -0.25) is 0 Å². The van der Waals surface area contributed by atoms with Crippen molar-refractivity contribution in [2.24, 2.45) is 4.36 Å². The average molecular weight is 237 g/mol. The molecule has 0 N–H and O–H groups in total. The molecule has 3 nitrogen and oxygen atoms in total. The first-order valence-corrected chi connectivity index (χ1v) is 4.86. The Bertz CT molecular complexity index is 459. The summed E-state index contributed by atoms with van der Waals surface area (Å²) in [6.45, 7) is -1.17.